The van der Waals surface area contributed by atoms with E-state index in [-0.39, 0.29) is 0 Å². The third-order valence-corrected chi connectivity index (χ3v) is 7.35. The number of nitriles is 1. The number of aliphatic hydroxyl groups is 1. The van der Waals surface area contributed by atoms with E-state index in [0.29, 0.717) is 19.1 Å². The molecule has 0 amide bonds. The molecule has 2 aromatic rings. The second-order valence-corrected chi connectivity index (χ2v) is 9.78. The Morgan fingerprint density at radius 1 is 1.09 bits per heavy atom. The molecule has 5 heteroatoms. The first kappa shape index (κ1) is 23.6. The summed E-state index contributed by atoms with van der Waals surface area (Å²) in [6.07, 6.45) is 8.77. The Kier molecular flexibility index (Phi) is 7.90. The van der Waals surface area contributed by atoms with Gasteiger partial charge in [0.2, 0.25) is 0 Å². The Morgan fingerprint density at radius 2 is 1.82 bits per heavy atom. The minimum Gasteiger partial charge on any atom is -0.493 e. The summed E-state index contributed by atoms with van der Waals surface area (Å²) in [4.78, 5) is 2.30. The number of piperidine rings is 1. The van der Waals surface area contributed by atoms with Crippen LogP contribution in [0.15, 0.2) is 42.5 Å². The first-order chi connectivity index (χ1) is 16.0. The molecule has 0 aromatic heterocycles. The normalized spacial score (nSPS) is 18.6. The number of nitrogens with zero attached hydrogens (tertiary/aromatic N) is 2. The van der Waals surface area contributed by atoms with Crippen LogP contribution >= 0.6 is 0 Å². The molecule has 176 valence electrons. The first-order valence-corrected chi connectivity index (χ1v) is 12.5. The van der Waals surface area contributed by atoms with E-state index in [2.05, 4.69) is 34.5 Å². The van der Waals surface area contributed by atoms with Gasteiger partial charge in [-0.05, 0) is 74.1 Å². The highest BCUT2D eigenvalue weighted by Gasteiger charge is 2.32. The highest BCUT2D eigenvalue weighted by Crippen LogP contribution is 2.30. The van der Waals surface area contributed by atoms with E-state index < -0.39 is 5.60 Å². The molecule has 0 radical (unpaired) electrons. The maximum absolute atomic E-state index is 11.0. The third-order valence-electron chi connectivity index (χ3n) is 7.35. The maximum Gasteiger partial charge on any atom is 0.119 e. The van der Waals surface area contributed by atoms with Crippen molar-refractivity contribution in [1.82, 2.24) is 5.32 Å². The number of anilines is 1. The monoisotopic (exact) mass is 447 g/mol. The fourth-order valence-corrected chi connectivity index (χ4v) is 5.03. The lowest BCUT2D eigenvalue weighted by molar-refractivity contribution is -0.00267. The van der Waals surface area contributed by atoms with Crippen LogP contribution in [0.25, 0.3) is 0 Å². The summed E-state index contributed by atoms with van der Waals surface area (Å²) in [7, 11) is 0. The molecule has 2 aromatic carbocycles. The van der Waals surface area contributed by atoms with Gasteiger partial charge in [0.25, 0.3) is 0 Å². The van der Waals surface area contributed by atoms with Gasteiger partial charge >= 0.3 is 0 Å². The van der Waals surface area contributed by atoms with E-state index in [1.54, 1.807) is 0 Å². The molecule has 0 unspecified atom stereocenters. The molecule has 1 heterocycles. The average Bonchev–Trinajstić information content (AvgIpc) is 2.84. The molecule has 2 N–H and O–H groups in total. The highest BCUT2D eigenvalue weighted by atomic mass is 16.5. The maximum atomic E-state index is 11.0. The van der Waals surface area contributed by atoms with Crippen molar-refractivity contribution < 1.29 is 9.84 Å². The van der Waals surface area contributed by atoms with Gasteiger partial charge in [-0.25, -0.2) is 0 Å². The van der Waals surface area contributed by atoms with Gasteiger partial charge in [-0.15, -0.1) is 0 Å². The summed E-state index contributed by atoms with van der Waals surface area (Å²) in [5.74, 6) is 0.866. The Morgan fingerprint density at radius 3 is 2.48 bits per heavy atom. The van der Waals surface area contributed by atoms with Gasteiger partial charge in [0.15, 0.2) is 0 Å². The van der Waals surface area contributed by atoms with E-state index >= 15 is 0 Å². The van der Waals surface area contributed by atoms with Crippen molar-refractivity contribution in [3.63, 3.8) is 0 Å². The van der Waals surface area contributed by atoms with Crippen LogP contribution in [-0.4, -0.2) is 36.4 Å². The smallest absolute Gasteiger partial charge is 0.119 e. The minimum absolute atomic E-state index is 0.520. The minimum atomic E-state index is -0.679. The molecule has 2 fully saturated rings. The quantitative estimate of drug-likeness (QED) is 0.590. The molecule has 5 nitrogen and oxygen atoms in total. The lowest BCUT2D eigenvalue weighted by atomic mass is 9.88. The molecule has 1 aliphatic heterocycles. The molecule has 1 saturated heterocycles. The Labute approximate surface area is 198 Å². The Balaban J connectivity index is 1.19. The summed E-state index contributed by atoms with van der Waals surface area (Å²) in [5.41, 5.74) is 3.46. The zero-order chi connectivity index (χ0) is 23.1. The van der Waals surface area contributed by atoms with Gasteiger partial charge in [0.1, 0.15) is 5.75 Å². The third kappa shape index (κ3) is 6.50. The predicted molar refractivity (Wildman–Crippen MR) is 133 cm³/mol. The van der Waals surface area contributed by atoms with Crippen LogP contribution < -0.4 is 15.0 Å². The van der Waals surface area contributed by atoms with E-state index in [1.165, 1.54) is 37.7 Å². The van der Waals surface area contributed by atoms with Gasteiger partial charge in [-0.2, -0.15) is 5.26 Å². The topological polar surface area (TPSA) is 68.5 Å². The van der Waals surface area contributed by atoms with E-state index in [1.807, 2.05) is 31.2 Å². The van der Waals surface area contributed by atoms with Gasteiger partial charge in [0.05, 0.1) is 23.8 Å². The zero-order valence-corrected chi connectivity index (χ0v) is 19.9. The largest absolute Gasteiger partial charge is 0.493 e. The first-order valence-electron chi connectivity index (χ1n) is 12.5. The number of hydrogen-bond donors (Lipinski definition) is 2. The van der Waals surface area contributed by atoms with Gasteiger partial charge in [-0.3, -0.25) is 0 Å². The van der Waals surface area contributed by atoms with Crippen LogP contribution in [0.1, 0.15) is 68.1 Å². The highest BCUT2D eigenvalue weighted by molar-refractivity contribution is 5.53. The lowest BCUT2D eigenvalue weighted by Gasteiger charge is -2.39. The molecular formula is C28H37N3O2. The van der Waals surface area contributed by atoms with Gasteiger partial charge in [-0.1, -0.05) is 31.4 Å². The predicted octanol–water partition coefficient (Wildman–Crippen LogP) is 5.09. The number of ether oxygens (including phenoxy) is 1. The number of rotatable bonds is 8. The number of hydrogen-bond acceptors (Lipinski definition) is 5. The average molecular weight is 448 g/mol. The van der Waals surface area contributed by atoms with Crippen molar-refractivity contribution in [2.45, 2.75) is 76.5 Å². The molecule has 33 heavy (non-hydrogen) atoms. The van der Waals surface area contributed by atoms with Crippen molar-refractivity contribution in [3.8, 4) is 11.8 Å². The van der Waals surface area contributed by atoms with Crippen LogP contribution in [0.2, 0.25) is 0 Å². The number of nitrogens with one attached hydrogen (secondary N) is 1. The molecule has 1 saturated carbocycles. The fraction of sp³-hybridized carbons (Fsp3) is 0.536. The molecule has 4 rings (SSSR count). The zero-order valence-electron chi connectivity index (χ0n) is 19.9. The molecule has 0 spiro atoms. The van der Waals surface area contributed by atoms with Gasteiger partial charge < -0.3 is 20.1 Å². The van der Waals surface area contributed by atoms with Crippen LogP contribution in [0.3, 0.4) is 0 Å². The lowest BCUT2D eigenvalue weighted by Crippen LogP contribution is -2.45. The summed E-state index contributed by atoms with van der Waals surface area (Å²) >= 11 is 0. The summed E-state index contributed by atoms with van der Waals surface area (Å²) in [5, 5.41) is 23.8. The number of benzene rings is 2. The van der Waals surface area contributed by atoms with E-state index in [0.717, 1.165) is 55.0 Å². The Bertz CT molecular complexity index is 937. The van der Waals surface area contributed by atoms with Crippen molar-refractivity contribution in [3.05, 3.63) is 59.2 Å². The van der Waals surface area contributed by atoms with Crippen LogP contribution in [0, 0.1) is 18.3 Å². The SMILES string of the molecule is Cc1cc(N2CCC(O)(CCOc3ccc(CNC4CCCCC4)cc3)CC2)ccc1C#N. The molecule has 0 atom stereocenters. The standard InChI is InChI=1S/C28H37N3O2/c1-22-19-26(10-9-24(22)20-29)31-16-13-28(32,14-17-31)15-18-33-27-11-7-23(8-12-27)21-30-25-5-3-2-4-6-25/h7-12,19,25,30,32H,2-6,13-18,21H2,1H3. The van der Waals surface area contributed by atoms with Crippen molar-refractivity contribution >= 4 is 5.69 Å². The van der Waals surface area contributed by atoms with Crippen LogP contribution in [0.5, 0.6) is 5.75 Å². The molecule has 2 aliphatic rings. The molecule has 1 aliphatic carbocycles. The van der Waals surface area contributed by atoms with Crippen molar-refractivity contribution in [2.75, 3.05) is 24.6 Å². The van der Waals surface area contributed by atoms with Crippen LogP contribution in [-0.2, 0) is 6.54 Å². The molecule has 0 bridgehead atoms. The van der Waals surface area contributed by atoms with E-state index in [4.69, 9.17) is 10.00 Å². The van der Waals surface area contributed by atoms with E-state index in [9.17, 15) is 5.11 Å². The number of aryl methyl sites for hydroxylation is 1. The van der Waals surface area contributed by atoms with Crippen molar-refractivity contribution in [2.24, 2.45) is 0 Å². The second-order valence-electron chi connectivity index (χ2n) is 9.78. The second kappa shape index (κ2) is 11.0. The fourth-order valence-electron chi connectivity index (χ4n) is 5.03. The molecular weight excluding hydrogens is 410 g/mol. The van der Waals surface area contributed by atoms with Crippen molar-refractivity contribution in [1.29, 1.82) is 5.26 Å². The summed E-state index contributed by atoms with van der Waals surface area (Å²) < 4.78 is 5.95. The van der Waals surface area contributed by atoms with Gasteiger partial charge in [0, 0.05) is 37.8 Å². The Hall–Kier alpha value is -2.55. The summed E-state index contributed by atoms with van der Waals surface area (Å²) in [6.45, 7) is 5.03. The van der Waals surface area contributed by atoms with Crippen LogP contribution in [0.4, 0.5) is 5.69 Å². The summed E-state index contributed by atoms with van der Waals surface area (Å²) in [6, 6.07) is 17.2.